The van der Waals surface area contributed by atoms with E-state index < -0.39 is 0 Å². The molecule has 0 radical (unpaired) electrons. The second-order valence-electron chi connectivity index (χ2n) is 6.40. The molecule has 0 aromatic carbocycles. The molecule has 0 aliphatic heterocycles. The highest BCUT2D eigenvalue weighted by molar-refractivity contribution is 5.76. The smallest absolute Gasteiger partial charge is 0.220 e. The van der Waals surface area contributed by atoms with Crippen LogP contribution in [-0.2, 0) is 4.79 Å². The molecule has 1 amide bonds. The number of carbonyl (C=O) groups excluding carboxylic acids is 1. The number of carbonyl (C=O) groups is 1. The summed E-state index contributed by atoms with van der Waals surface area (Å²) in [5, 5.41) is 2.95. The van der Waals surface area contributed by atoms with Gasteiger partial charge in [-0.05, 0) is 50.9 Å². The number of amides is 1. The molecule has 0 heterocycles. The van der Waals surface area contributed by atoms with E-state index >= 15 is 0 Å². The number of nitrogens with one attached hydrogen (secondary N) is 1. The van der Waals surface area contributed by atoms with Crippen molar-refractivity contribution in [2.75, 3.05) is 6.54 Å². The first-order valence-electron chi connectivity index (χ1n) is 6.49. The highest BCUT2D eigenvalue weighted by Gasteiger charge is 2.40. The molecule has 2 rings (SSSR count). The molecular formula is C13H24N2O. The van der Waals surface area contributed by atoms with E-state index in [0.717, 1.165) is 18.3 Å². The van der Waals surface area contributed by atoms with Gasteiger partial charge in [-0.15, -0.1) is 0 Å². The minimum atomic E-state index is -0.301. The Kier molecular flexibility index (Phi) is 3.24. The van der Waals surface area contributed by atoms with Crippen LogP contribution in [0, 0.1) is 17.8 Å². The summed E-state index contributed by atoms with van der Waals surface area (Å²) in [5.74, 6) is 2.60. The largest absolute Gasteiger partial charge is 0.354 e. The third kappa shape index (κ3) is 2.97. The summed E-state index contributed by atoms with van der Waals surface area (Å²) in [5.41, 5.74) is 5.54. The molecule has 16 heavy (non-hydrogen) atoms. The first-order valence-corrected chi connectivity index (χ1v) is 6.49. The van der Waals surface area contributed by atoms with Crippen molar-refractivity contribution in [2.45, 2.75) is 51.5 Å². The maximum atomic E-state index is 11.8. The van der Waals surface area contributed by atoms with E-state index in [1.807, 2.05) is 13.8 Å². The van der Waals surface area contributed by atoms with Gasteiger partial charge in [0.1, 0.15) is 0 Å². The summed E-state index contributed by atoms with van der Waals surface area (Å²) < 4.78 is 0. The van der Waals surface area contributed by atoms with Gasteiger partial charge < -0.3 is 11.1 Å². The zero-order valence-corrected chi connectivity index (χ0v) is 10.5. The van der Waals surface area contributed by atoms with E-state index in [0.29, 0.717) is 12.5 Å². The number of hydrogen-bond donors (Lipinski definition) is 2. The normalized spacial score (nSPS) is 33.1. The highest BCUT2D eigenvalue weighted by atomic mass is 16.1. The van der Waals surface area contributed by atoms with Crippen LogP contribution in [0.3, 0.4) is 0 Å². The van der Waals surface area contributed by atoms with Crippen LogP contribution in [0.4, 0.5) is 0 Å². The zero-order chi connectivity index (χ0) is 11.8. The fraction of sp³-hybridized carbons (Fsp3) is 0.923. The van der Waals surface area contributed by atoms with Gasteiger partial charge in [-0.25, -0.2) is 0 Å². The third-order valence-corrected chi connectivity index (χ3v) is 4.07. The van der Waals surface area contributed by atoms with Crippen molar-refractivity contribution in [3.8, 4) is 0 Å². The van der Waals surface area contributed by atoms with Crippen molar-refractivity contribution in [2.24, 2.45) is 23.5 Å². The molecule has 2 aliphatic carbocycles. The molecule has 3 heteroatoms. The quantitative estimate of drug-likeness (QED) is 0.763. The number of rotatable bonds is 4. The summed E-state index contributed by atoms with van der Waals surface area (Å²) in [6.45, 7) is 4.45. The fourth-order valence-corrected chi connectivity index (χ4v) is 3.26. The molecule has 0 aromatic rings. The van der Waals surface area contributed by atoms with E-state index in [9.17, 15) is 4.79 Å². The van der Waals surface area contributed by atoms with Crippen LogP contribution < -0.4 is 11.1 Å². The summed E-state index contributed by atoms with van der Waals surface area (Å²) in [6.07, 6.45) is 6.13. The lowest BCUT2D eigenvalue weighted by Crippen LogP contribution is -2.45. The Morgan fingerprint density at radius 3 is 2.62 bits per heavy atom. The number of nitrogens with two attached hydrogens (primary N) is 1. The molecule has 92 valence electrons. The van der Waals surface area contributed by atoms with Crippen LogP contribution in [0.1, 0.15) is 46.0 Å². The SMILES string of the molecule is CC(C)(N)CNC(=O)CC1CC2CCC1C2. The van der Waals surface area contributed by atoms with Crippen LogP contribution in [0.5, 0.6) is 0 Å². The van der Waals surface area contributed by atoms with Gasteiger partial charge in [0.25, 0.3) is 0 Å². The monoisotopic (exact) mass is 224 g/mol. The van der Waals surface area contributed by atoms with Gasteiger partial charge in [0.05, 0.1) is 0 Å². The van der Waals surface area contributed by atoms with Gasteiger partial charge in [-0.3, -0.25) is 4.79 Å². The Labute approximate surface area is 98.2 Å². The average molecular weight is 224 g/mol. The Hall–Kier alpha value is -0.570. The molecule has 0 spiro atoms. The third-order valence-electron chi connectivity index (χ3n) is 4.07. The maximum Gasteiger partial charge on any atom is 0.220 e. The van der Waals surface area contributed by atoms with Crippen molar-refractivity contribution in [3.05, 3.63) is 0 Å². The fourth-order valence-electron chi connectivity index (χ4n) is 3.26. The van der Waals surface area contributed by atoms with Gasteiger partial charge in [0.15, 0.2) is 0 Å². The minimum Gasteiger partial charge on any atom is -0.354 e. The van der Waals surface area contributed by atoms with Crippen LogP contribution in [0.2, 0.25) is 0 Å². The second-order valence-corrected chi connectivity index (χ2v) is 6.40. The van der Waals surface area contributed by atoms with E-state index in [1.54, 1.807) is 0 Å². The van der Waals surface area contributed by atoms with E-state index in [1.165, 1.54) is 25.7 Å². The molecule has 3 atom stereocenters. The molecule has 3 unspecified atom stereocenters. The lowest BCUT2D eigenvalue weighted by atomic mass is 9.86. The first-order chi connectivity index (χ1) is 7.44. The van der Waals surface area contributed by atoms with Gasteiger partial charge in [-0.1, -0.05) is 6.42 Å². The van der Waals surface area contributed by atoms with Crippen molar-refractivity contribution in [3.63, 3.8) is 0 Å². The van der Waals surface area contributed by atoms with Crippen molar-refractivity contribution >= 4 is 5.91 Å². The molecule has 3 nitrogen and oxygen atoms in total. The first kappa shape index (κ1) is 11.9. The zero-order valence-electron chi connectivity index (χ0n) is 10.5. The van der Waals surface area contributed by atoms with Gasteiger partial charge in [0, 0.05) is 18.5 Å². The minimum absolute atomic E-state index is 0.191. The Bertz CT molecular complexity index is 270. The van der Waals surface area contributed by atoms with E-state index in [-0.39, 0.29) is 11.4 Å². The highest BCUT2D eigenvalue weighted by Crippen LogP contribution is 2.49. The van der Waals surface area contributed by atoms with Crippen molar-refractivity contribution < 1.29 is 4.79 Å². The van der Waals surface area contributed by atoms with Gasteiger partial charge in [0.2, 0.25) is 5.91 Å². The van der Waals surface area contributed by atoms with Gasteiger partial charge in [-0.2, -0.15) is 0 Å². The predicted octanol–water partition coefficient (Wildman–Crippen LogP) is 1.67. The molecule has 2 fully saturated rings. The number of fused-ring (bicyclic) bond motifs is 2. The van der Waals surface area contributed by atoms with Gasteiger partial charge >= 0.3 is 0 Å². The Morgan fingerprint density at radius 1 is 1.38 bits per heavy atom. The van der Waals surface area contributed by atoms with Crippen molar-refractivity contribution in [1.29, 1.82) is 0 Å². The summed E-state index contributed by atoms with van der Waals surface area (Å²) in [7, 11) is 0. The summed E-state index contributed by atoms with van der Waals surface area (Å²) in [4.78, 5) is 11.8. The predicted molar refractivity (Wildman–Crippen MR) is 64.8 cm³/mol. The molecule has 2 bridgehead atoms. The number of hydrogen-bond acceptors (Lipinski definition) is 2. The molecule has 3 N–H and O–H groups in total. The molecule has 2 aliphatic rings. The molecule has 0 saturated heterocycles. The van der Waals surface area contributed by atoms with Crippen LogP contribution in [0.25, 0.3) is 0 Å². The standard InChI is InChI=1S/C13H24N2O/c1-13(2,14)8-15-12(16)7-11-6-9-3-4-10(11)5-9/h9-11H,3-8,14H2,1-2H3,(H,15,16). The van der Waals surface area contributed by atoms with Crippen molar-refractivity contribution in [1.82, 2.24) is 5.32 Å². The van der Waals surface area contributed by atoms with Crippen LogP contribution in [0.15, 0.2) is 0 Å². The summed E-state index contributed by atoms with van der Waals surface area (Å²) >= 11 is 0. The maximum absolute atomic E-state index is 11.8. The molecule has 0 aromatic heterocycles. The van der Waals surface area contributed by atoms with E-state index in [4.69, 9.17) is 5.73 Å². The summed E-state index contributed by atoms with van der Waals surface area (Å²) in [6, 6.07) is 0. The van der Waals surface area contributed by atoms with Crippen LogP contribution in [-0.4, -0.2) is 18.0 Å². The molecular weight excluding hydrogens is 200 g/mol. The van der Waals surface area contributed by atoms with E-state index in [2.05, 4.69) is 5.32 Å². The Morgan fingerprint density at radius 2 is 2.12 bits per heavy atom. The lowest BCUT2D eigenvalue weighted by Gasteiger charge is -2.23. The second kappa shape index (κ2) is 4.36. The lowest BCUT2D eigenvalue weighted by molar-refractivity contribution is -0.122. The van der Waals surface area contributed by atoms with Crippen LogP contribution >= 0.6 is 0 Å². The average Bonchev–Trinajstić information content (AvgIpc) is 2.75. The molecule has 2 saturated carbocycles. The topological polar surface area (TPSA) is 55.1 Å². The Balaban J connectivity index is 1.72.